The summed E-state index contributed by atoms with van der Waals surface area (Å²) in [6, 6.07) is 0. The van der Waals surface area contributed by atoms with Gasteiger partial charge in [0.1, 0.15) is 0 Å². The van der Waals surface area contributed by atoms with Crippen LogP contribution >= 0.6 is 0 Å². The van der Waals surface area contributed by atoms with Crippen LogP contribution in [0.5, 0.6) is 0 Å². The Labute approximate surface area is 74.5 Å². The van der Waals surface area contributed by atoms with Crippen molar-refractivity contribution in [1.29, 1.82) is 0 Å². The SMILES string of the molecule is O=C1C=CC(=O)C(C(=O)N2CC2)=C1. The lowest BCUT2D eigenvalue weighted by Crippen LogP contribution is -2.21. The van der Waals surface area contributed by atoms with Crippen molar-refractivity contribution < 1.29 is 14.4 Å². The Morgan fingerprint density at radius 1 is 1.23 bits per heavy atom. The molecule has 0 N–H and O–H groups in total. The van der Waals surface area contributed by atoms with Crippen LogP contribution in [0, 0.1) is 0 Å². The van der Waals surface area contributed by atoms with E-state index in [-0.39, 0.29) is 23.0 Å². The topological polar surface area (TPSA) is 54.2 Å². The number of amides is 1. The van der Waals surface area contributed by atoms with Gasteiger partial charge in [-0.1, -0.05) is 0 Å². The highest BCUT2D eigenvalue weighted by Crippen LogP contribution is 2.14. The molecule has 4 heteroatoms. The van der Waals surface area contributed by atoms with Crippen molar-refractivity contribution in [3.8, 4) is 0 Å². The van der Waals surface area contributed by atoms with Crippen LogP contribution in [0.1, 0.15) is 0 Å². The first-order valence-electron chi connectivity index (χ1n) is 3.96. The third-order valence-corrected chi connectivity index (χ3v) is 1.92. The highest BCUT2D eigenvalue weighted by Gasteiger charge is 2.30. The van der Waals surface area contributed by atoms with Crippen molar-refractivity contribution in [3.05, 3.63) is 23.8 Å². The monoisotopic (exact) mass is 177 g/mol. The van der Waals surface area contributed by atoms with Crippen LogP contribution in [0.4, 0.5) is 0 Å². The summed E-state index contributed by atoms with van der Waals surface area (Å²) >= 11 is 0. The minimum absolute atomic E-state index is 0.00926. The molecule has 1 amide bonds. The molecule has 0 atom stereocenters. The molecule has 0 aromatic carbocycles. The van der Waals surface area contributed by atoms with Gasteiger partial charge in [0.15, 0.2) is 11.6 Å². The maximum atomic E-state index is 11.4. The Morgan fingerprint density at radius 2 is 1.92 bits per heavy atom. The van der Waals surface area contributed by atoms with Gasteiger partial charge < -0.3 is 4.90 Å². The summed E-state index contributed by atoms with van der Waals surface area (Å²) in [6.45, 7) is 1.36. The fourth-order valence-corrected chi connectivity index (χ4v) is 1.10. The summed E-state index contributed by atoms with van der Waals surface area (Å²) in [5.41, 5.74) is -0.00926. The Balaban J connectivity index is 2.25. The molecule has 0 radical (unpaired) electrons. The van der Waals surface area contributed by atoms with E-state index in [1.807, 2.05) is 0 Å². The molecule has 1 fully saturated rings. The lowest BCUT2D eigenvalue weighted by Gasteiger charge is -2.05. The molecule has 1 aliphatic carbocycles. The number of carbonyl (C=O) groups excluding carboxylic acids is 3. The summed E-state index contributed by atoms with van der Waals surface area (Å²) in [7, 11) is 0. The van der Waals surface area contributed by atoms with Crippen molar-refractivity contribution >= 4 is 17.5 Å². The summed E-state index contributed by atoms with van der Waals surface area (Å²) in [5.74, 6) is -1.01. The minimum atomic E-state index is -0.378. The number of hydrogen-bond donors (Lipinski definition) is 0. The van der Waals surface area contributed by atoms with E-state index in [1.165, 1.54) is 11.0 Å². The Hall–Kier alpha value is -1.71. The van der Waals surface area contributed by atoms with Crippen LogP contribution < -0.4 is 0 Å². The fraction of sp³-hybridized carbons (Fsp3) is 0.222. The van der Waals surface area contributed by atoms with Crippen LogP contribution in [-0.4, -0.2) is 35.5 Å². The van der Waals surface area contributed by atoms with Crippen molar-refractivity contribution in [2.75, 3.05) is 13.1 Å². The van der Waals surface area contributed by atoms with Crippen LogP contribution in [0.25, 0.3) is 0 Å². The van der Waals surface area contributed by atoms with Gasteiger partial charge in [0, 0.05) is 19.2 Å². The van der Waals surface area contributed by atoms with E-state index in [4.69, 9.17) is 0 Å². The summed E-state index contributed by atoms with van der Waals surface area (Å²) in [4.78, 5) is 34.9. The van der Waals surface area contributed by atoms with Crippen LogP contribution in [0.15, 0.2) is 23.8 Å². The van der Waals surface area contributed by atoms with Gasteiger partial charge in [-0.25, -0.2) is 0 Å². The van der Waals surface area contributed by atoms with E-state index in [0.29, 0.717) is 13.1 Å². The fourth-order valence-electron chi connectivity index (χ4n) is 1.10. The number of allylic oxidation sites excluding steroid dienone is 3. The molecule has 66 valence electrons. The maximum Gasteiger partial charge on any atom is 0.258 e. The van der Waals surface area contributed by atoms with E-state index in [0.717, 1.165) is 12.2 Å². The van der Waals surface area contributed by atoms with Crippen molar-refractivity contribution in [3.63, 3.8) is 0 Å². The number of carbonyl (C=O) groups is 3. The van der Waals surface area contributed by atoms with Gasteiger partial charge in [-0.2, -0.15) is 0 Å². The van der Waals surface area contributed by atoms with E-state index < -0.39 is 0 Å². The van der Waals surface area contributed by atoms with E-state index in [1.54, 1.807) is 0 Å². The molecule has 2 rings (SSSR count). The van der Waals surface area contributed by atoms with E-state index in [2.05, 4.69) is 0 Å². The molecule has 0 unspecified atom stereocenters. The van der Waals surface area contributed by atoms with Gasteiger partial charge in [0.25, 0.3) is 5.91 Å². The smallest absolute Gasteiger partial charge is 0.258 e. The number of rotatable bonds is 1. The van der Waals surface area contributed by atoms with Gasteiger partial charge in [-0.05, 0) is 12.2 Å². The second-order valence-electron chi connectivity index (χ2n) is 2.95. The first-order chi connectivity index (χ1) is 6.18. The minimum Gasteiger partial charge on any atom is -0.335 e. The van der Waals surface area contributed by atoms with Gasteiger partial charge >= 0.3 is 0 Å². The Morgan fingerprint density at radius 3 is 2.54 bits per heavy atom. The molecule has 1 saturated heterocycles. The quantitative estimate of drug-likeness (QED) is 0.307. The molecule has 2 aliphatic rings. The lowest BCUT2D eigenvalue weighted by atomic mass is 10.0. The molecule has 0 saturated carbocycles. The van der Waals surface area contributed by atoms with Crippen molar-refractivity contribution in [2.45, 2.75) is 0 Å². The predicted octanol–water partition coefficient (Wildman–Crippen LogP) is -0.537. The number of ketones is 2. The third-order valence-electron chi connectivity index (χ3n) is 1.92. The highest BCUT2D eigenvalue weighted by atomic mass is 16.2. The first kappa shape index (κ1) is 7.91. The molecule has 0 spiro atoms. The first-order valence-corrected chi connectivity index (χ1v) is 3.96. The number of hydrogen-bond acceptors (Lipinski definition) is 3. The zero-order valence-corrected chi connectivity index (χ0v) is 6.82. The molecule has 0 aromatic heterocycles. The van der Waals surface area contributed by atoms with Crippen LogP contribution in [0.3, 0.4) is 0 Å². The molecule has 1 heterocycles. The summed E-state index contributed by atoms with van der Waals surface area (Å²) in [6.07, 6.45) is 3.41. The Kier molecular flexibility index (Phi) is 1.62. The molecule has 0 bridgehead atoms. The van der Waals surface area contributed by atoms with Crippen LogP contribution in [-0.2, 0) is 14.4 Å². The molecule has 13 heavy (non-hydrogen) atoms. The number of nitrogens with zero attached hydrogens (tertiary/aromatic N) is 1. The summed E-state index contributed by atoms with van der Waals surface area (Å²) < 4.78 is 0. The van der Waals surface area contributed by atoms with Gasteiger partial charge in [-0.15, -0.1) is 0 Å². The van der Waals surface area contributed by atoms with Gasteiger partial charge in [-0.3, -0.25) is 14.4 Å². The average Bonchev–Trinajstić information content (AvgIpc) is 2.91. The second kappa shape index (κ2) is 2.65. The molecule has 0 aromatic rings. The molecular weight excluding hydrogens is 170 g/mol. The maximum absolute atomic E-state index is 11.4. The van der Waals surface area contributed by atoms with Crippen molar-refractivity contribution in [1.82, 2.24) is 4.90 Å². The van der Waals surface area contributed by atoms with Crippen LogP contribution in [0.2, 0.25) is 0 Å². The van der Waals surface area contributed by atoms with E-state index >= 15 is 0 Å². The van der Waals surface area contributed by atoms with Crippen molar-refractivity contribution in [2.24, 2.45) is 0 Å². The molecule has 1 aliphatic heterocycles. The third kappa shape index (κ3) is 1.42. The van der Waals surface area contributed by atoms with Gasteiger partial charge in [0.05, 0.1) is 5.57 Å². The predicted molar refractivity (Wildman–Crippen MR) is 43.8 cm³/mol. The Bertz CT molecular complexity index is 361. The second-order valence-corrected chi connectivity index (χ2v) is 2.95. The zero-order valence-electron chi connectivity index (χ0n) is 6.82. The molecule has 4 nitrogen and oxygen atoms in total. The van der Waals surface area contributed by atoms with Gasteiger partial charge in [0.2, 0.25) is 0 Å². The zero-order chi connectivity index (χ0) is 9.42. The lowest BCUT2D eigenvalue weighted by molar-refractivity contribution is -0.125. The average molecular weight is 177 g/mol. The largest absolute Gasteiger partial charge is 0.335 e. The van der Waals surface area contributed by atoms with E-state index in [9.17, 15) is 14.4 Å². The summed E-state index contributed by atoms with van der Waals surface area (Å²) in [5, 5.41) is 0. The molecular formula is C9H7NO3. The normalized spacial score (nSPS) is 20.3. The highest BCUT2D eigenvalue weighted by molar-refractivity contribution is 6.30. The standard InChI is InChI=1S/C9H7NO3/c11-6-1-2-8(12)7(5-6)9(13)10-3-4-10/h1-2,5H,3-4H2.